The minimum absolute atomic E-state index is 0.00177. The molecule has 1 atom stereocenters. The Bertz CT molecular complexity index is 983. The topological polar surface area (TPSA) is 102 Å². The van der Waals surface area contributed by atoms with Crippen LogP contribution in [0.2, 0.25) is 0 Å². The zero-order chi connectivity index (χ0) is 21.6. The molecule has 0 heterocycles. The van der Waals surface area contributed by atoms with Crippen molar-refractivity contribution in [1.82, 2.24) is 4.72 Å². The molecule has 0 aliphatic heterocycles. The number of halogens is 2. The van der Waals surface area contributed by atoms with Crippen LogP contribution in [0.5, 0.6) is 0 Å². The molecule has 0 unspecified atom stereocenters. The van der Waals surface area contributed by atoms with E-state index in [2.05, 4.69) is 26.0 Å². The quantitative estimate of drug-likeness (QED) is 0.558. The van der Waals surface area contributed by atoms with Crippen molar-refractivity contribution in [3.63, 3.8) is 0 Å². The van der Waals surface area contributed by atoms with Gasteiger partial charge in [0.25, 0.3) is 5.91 Å². The summed E-state index contributed by atoms with van der Waals surface area (Å²) in [5.74, 6) is -2.76. The van der Waals surface area contributed by atoms with E-state index in [1.54, 1.807) is 32.0 Å². The Kier molecular flexibility index (Phi) is 7.88. The van der Waals surface area contributed by atoms with Crippen molar-refractivity contribution in [2.45, 2.75) is 24.8 Å². The first-order valence-corrected chi connectivity index (χ1v) is 10.9. The molecule has 2 aromatic carbocycles. The van der Waals surface area contributed by atoms with Crippen LogP contribution < -0.4 is 10.0 Å². The molecule has 0 bridgehead atoms. The lowest BCUT2D eigenvalue weighted by molar-refractivity contribution is -0.150. The number of hydrogen-bond donors (Lipinski definition) is 2. The van der Waals surface area contributed by atoms with E-state index < -0.39 is 46.3 Å². The van der Waals surface area contributed by atoms with Gasteiger partial charge in [-0.15, -0.1) is 0 Å². The highest BCUT2D eigenvalue weighted by Crippen LogP contribution is 2.19. The maximum atomic E-state index is 13.8. The first-order valence-electron chi connectivity index (χ1n) is 8.59. The number of carbonyl (C=O) groups excluding carboxylic acids is 2. The lowest BCUT2D eigenvalue weighted by atomic mass is 10.1. The maximum Gasteiger partial charge on any atom is 0.324 e. The number of hydrogen-bond acceptors (Lipinski definition) is 5. The molecule has 2 aromatic rings. The first-order chi connectivity index (χ1) is 13.6. The predicted molar refractivity (Wildman–Crippen MR) is 109 cm³/mol. The van der Waals surface area contributed by atoms with Crippen LogP contribution in [0.25, 0.3) is 0 Å². The van der Waals surface area contributed by atoms with Gasteiger partial charge < -0.3 is 10.1 Å². The number of ether oxygens (including phenoxy) is 1. The minimum atomic E-state index is -3.95. The molecular formula is C19H20BrFN2O5S. The monoisotopic (exact) mass is 486 g/mol. The first kappa shape index (κ1) is 23.0. The van der Waals surface area contributed by atoms with E-state index in [-0.39, 0.29) is 10.6 Å². The van der Waals surface area contributed by atoms with E-state index in [0.29, 0.717) is 4.47 Å². The number of esters is 1. The number of rotatable bonds is 8. The van der Waals surface area contributed by atoms with Crippen molar-refractivity contribution >= 4 is 43.5 Å². The van der Waals surface area contributed by atoms with E-state index in [1.807, 2.05) is 0 Å². The van der Waals surface area contributed by atoms with E-state index in [4.69, 9.17) is 4.74 Å². The van der Waals surface area contributed by atoms with Crippen molar-refractivity contribution in [3.05, 3.63) is 58.8 Å². The summed E-state index contributed by atoms with van der Waals surface area (Å²) in [4.78, 5) is 24.3. The second kappa shape index (κ2) is 9.95. The molecule has 7 nitrogen and oxygen atoms in total. The van der Waals surface area contributed by atoms with Crippen LogP contribution in [-0.2, 0) is 24.3 Å². The summed E-state index contributed by atoms with van der Waals surface area (Å²) in [6.07, 6.45) is 0. The zero-order valence-electron chi connectivity index (χ0n) is 15.7. The molecule has 10 heteroatoms. The Hall–Kier alpha value is -2.30. The van der Waals surface area contributed by atoms with Crippen LogP contribution in [0.3, 0.4) is 0 Å². The summed E-state index contributed by atoms with van der Waals surface area (Å²) in [7, 11) is -3.95. The minimum Gasteiger partial charge on any atom is -0.454 e. The smallest absolute Gasteiger partial charge is 0.324 e. The van der Waals surface area contributed by atoms with Crippen LogP contribution >= 0.6 is 15.9 Å². The Labute approximate surface area is 176 Å². The molecule has 0 saturated heterocycles. The van der Waals surface area contributed by atoms with Crippen LogP contribution in [0.1, 0.15) is 13.8 Å². The van der Waals surface area contributed by atoms with Gasteiger partial charge in [-0.25, -0.2) is 12.8 Å². The fraction of sp³-hybridized carbons (Fsp3) is 0.263. The normalized spacial score (nSPS) is 12.4. The summed E-state index contributed by atoms with van der Waals surface area (Å²) < 4.78 is 46.4. The van der Waals surface area contributed by atoms with E-state index in [1.165, 1.54) is 30.3 Å². The predicted octanol–water partition coefficient (Wildman–Crippen LogP) is 3.07. The summed E-state index contributed by atoms with van der Waals surface area (Å²) in [6, 6.07) is 10.4. The van der Waals surface area contributed by atoms with Crippen molar-refractivity contribution in [2.24, 2.45) is 5.92 Å². The van der Waals surface area contributed by atoms with Crippen molar-refractivity contribution in [1.29, 1.82) is 0 Å². The second-order valence-electron chi connectivity index (χ2n) is 6.44. The molecule has 0 spiro atoms. The largest absolute Gasteiger partial charge is 0.454 e. The summed E-state index contributed by atoms with van der Waals surface area (Å²) in [5, 5.41) is 2.28. The highest BCUT2D eigenvalue weighted by Gasteiger charge is 2.30. The van der Waals surface area contributed by atoms with Gasteiger partial charge in [0.1, 0.15) is 11.9 Å². The van der Waals surface area contributed by atoms with Gasteiger partial charge in [-0.1, -0.05) is 48.0 Å². The SMILES string of the molecule is CC(C)[C@@H](NS(=O)(=O)c1ccccc1)C(=O)OCC(=O)Nc1ccc(Br)cc1F. The van der Waals surface area contributed by atoms with Gasteiger partial charge in [0, 0.05) is 4.47 Å². The number of benzene rings is 2. The van der Waals surface area contributed by atoms with Gasteiger partial charge >= 0.3 is 5.97 Å². The van der Waals surface area contributed by atoms with Crippen LogP contribution in [-0.4, -0.2) is 32.9 Å². The Balaban J connectivity index is 1.99. The molecule has 2 rings (SSSR count). The van der Waals surface area contributed by atoms with Gasteiger partial charge in [-0.3, -0.25) is 9.59 Å². The van der Waals surface area contributed by atoms with E-state index in [0.717, 1.165) is 0 Å². The number of carbonyl (C=O) groups is 2. The molecule has 156 valence electrons. The van der Waals surface area contributed by atoms with Gasteiger partial charge in [-0.05, 0) is 36.2 Å². The third-order valence-corrected chi connectivity index (χ3v) is 5.76. The van der Waals surface area contributed by atoms with Gasteiger partial charge in [0.2, 0.25) is 10.0 Å². The third kappa shape index (κ3) is 6.62. The van der Waals surface area contributed by atoms with Gasteiger partial charge in [0.05, 0.1) is 10.6 Å². The molecule has 0 fully saturated rings. The number of anilines is 1. The molecule has 1 amide bonds. The van der Waals surface area contributed by atoms with Crippen molar-refractivity contribution < 1.29 is 27.1 Å². The van der Waals surface area contributed by atoms with E-state index >= 15 is 0 Å². The Morgan fingerprint density at radius 3 is 2.38 bits per heavy atom. The molecule has 29 heavy (non-hydrogen) atoms. The fourth-order valence-electron chi connectivity index (χ4n) is 2.29. The molecule has 0 aromatic heterocycles. The highest BCUT2D eigenvalue weighted by molar-refractivity contribution is 9.10. The Morgan fingerprint density at radius 1 is 1.14 bits per heavy atom. The summed E-state index contributed by atoms with van der Waals surface area (Å²) in [6.45, 7) is 2.58. The number of amides is 1. The molecule has 0 aliphatic rings. The van der Waals surface area contributed by atoms with Crippen LogP contribution in [0.15, 0.2) is 57.9 Å². The molecular weight excluding hydrogens is 467 g/mol. The van der Waals surface area contributed by atoms with Crippen molar-refractivity contribution in [2.75, 3.05) is 11.9 Å². The van der Waals surface area contributed by atoms with Gasteiger partial charge in [0.15, 0.2) is 6.61 Å². The number of sulfonamides is 1. The summed E-state index contributed by atoms with van der Waals surface area (Å²) in [5.41, 5.74) is -0.0700. The van der Waals surface area contributed by atoms with Crippen LogP contribution in [0.4, 0.5) is 10.1 Å². The maximum absolute atomic E-state index is 13.8. The average Bonchev–Trinajstić information content (AvgIpc) is 2.67. The number of nitrogens with one attached hydrogen (secondary N) is 2. The molecule has 0 saturated carbocycles. The zero-order valence-corrected chi connectivity index (χ0v) is 18.1. The second-order valence-corrected chi connectivity index (χ2v) is 9.07. The fourth-order valence-corrected chi connectivity index (χ4v) is 3.98. The average molecular weight is 487 g/mol. The standard InChI is InChI=1S/C19H20BrFN2O5S/c1-12(2)18(23-29(26,27)14-6-4-3-5-7-14)19(25)28-11-17(24)22-16-9-8-13(20)10-15(16)21/h3-10,12,18,23H,11H2,1-2H3,(H,22,24)/t18-/m1/s1. The lowest BCUT2D eigenvalue weighted by Crippen LogP contribution is -2.45. The van der Waals surface area contributed by atoms with Gasteiger partial charge in [-0.2, -0.15) is 4.72 Å². The Morgan fingerprint density at radius 2 is 1.79 bits per heavy atom. The summed E-state index contributed by atoms with van der Waals surface area (Å²) >= 11 is 3.10. The molecule has 0 aliphatic carbocycles. The van der Waals surface area contributed by atoms with Crippen molar-refractivity contribution in [3.8, 4) is 0 Å². The van der Waals surface area contributed by atoms with Crippen LogP contribution in [0, 0.1) is 11.7 Å². The molecule has 0 radical (unpaired) electrons. The third-order valence-electron chi connectivity index (χ3n) is 3.81. The lowest BCUT2D eigenvalue weighted by Gasteiger charge is -2.20. The van der Waals surface area contributed by atoms with E-state index in [9.17, 15) is 22.4 Å². The highest BCUT2D eigenvalue weighted by atomic mass is 79.9. The molecule has 2 N–H and O–H groups in total.